The highest BCUT2D eigenvalue weighted by atomic mass is 32.2. The second-order valence-corrected chi connectivity index (χ2v) is 11.4. The van der Waals surface area contributed by atoms with Gasteiger partial charge in [-0.2, -0.15) is 0 Å². The molecule has 18 heteroatoms. The minimum atomic E-state index is -1.30. The van der Waals surface area contributed by atoms with Crippen molar-refractivity contribution in [2.75, 3.05) is 23.8 Å². The largest absolute Gasteiger partial charge is 0.504 e. The molecule has 3 aromatic rings. The van der Waals surface area contributed by atoms with Crippen LogP contribution in [0, 0.1) is 12.3 Å². The number of thioether (sulfide) groups is 2. The first kappa shape index (κ1) is 28.8. The van der Waals surface area contributed by atoms with E-state index in [0.29, 0.717) is 11.1 Å². The van der Waals surface area contributed by atoms with Gasteiger partial charge in [0.05, 0.1) is 0 Å². The second-order valence-electron chi connectivity index (χ2n) is 8.47. The van der Waals surface area contributed by atoms with Crippen molar-refractivity contribution in [2.45, 2.75) is 16.6 Å². The third-order valence-corrected chi connectivity index (χ3v) is 8.74. The van der Waals surface area contributed by atoms with Gasteiger partial charge in [0, 0.05) is 22.4 Å². The van der Waals surface area contributed by atoms with E-state index in [2.05, 4.69) is 31.6 Å². The van der Waals surface area contributed by atoms with Crippen LogP contribution in [-0.2, 0) is 19.2 Å². The number of carboxylic acid groups (broad SMARTS) is 1. The maximum Gasteiger partial charge on any atom is 0.352 e. The molecule has 2 aromatic heterocycles. The summed E-state index contributed by atoms with van der Waals surface area (Å²) in [6.45, 7) is -0.204. The van der Waals surface area contributed by atoms with Gasteiger partial charge in [0.1, 0.15) is 22.8 Å². The number of carbonyl (C=O) groups is 3. The van der Waals surface area contributed by atoms with Crippen molar-refractivity contribution in [3.05, 3.63) is 40.5 Å². The Bertz CT molecular complexity index is 1680. The van der Waals surface area contributed by atoms with Crippen molar-refractivity contribution in [1.82, 2.24) is 25.4 Å². The zero-order valence-corrected chi connectivity index (χ0v) is 23.5. The molecular weight excluding hydrogens is 611 g/mol. The lowest BCUT2D eigenvalue weighted by molar-refractivity contribution is -0.150. The fourth-order valence-corrected chi connectivity index (χ4v) is 6.72. The number of nitrogens with one attached hydrogen (secondary N) is 1. The molecule has 0 aliphatic carbocycles. The number of benzene rings is 1. The molecule has 2 atom stereocenters. The van der Waals surface area contributed by atoms with Gasteiger partial charge in [-0.3, -0.25) is 14.5 Å². The normalized spacial score (nSPS) is 18.2. The fraction of sp³-hybridized carbons (Fsp3) is 0.208. The molecule has 15 nitrogen and oxygen atoms in total. The number of aromatic hydroxyl groups is 2. The number of terminal acetylenes is 1. The van der Waals surface area contributed by atoms with Gasteiger partial charge in [-0.15, -0.1) is 39.7 Å². The third kappa shape index (κ3) is 5.70. The number of nitrogen functional groups attached to an aromatic ring is 1. The molecule has 5 rings (SSSR count). The number of hydrogen-bond acceptors (Lipinski definition) is 15. The predicted molar refractivity (Wildman–Crippen MR) is 151 cm³/mol. The molecule has 1 fully saturated rings. The number of phenols is 2. The summed E-state index contributed by atoms with van der Waals surface area (Å²) in [5, 5.41) is 44.4. The number of rotatable bonds is 10. The summed E-state index contributed by atoms with van der Waals surface area (Å²) in [5.41, 5.74) is 6.18. The van der Waals surface area contributed by atoms with Gasteiger partial charge in [-0.1, -0.05) is 22.8 Å². The van der Waals surface area contributed by atoms with E-state index in [-0.39, 0.29) is 63.0 Å². The highest BCUT2D eigenvalue weighted by Crippen LogP contribution is 2.42. The molecule has 0 radical (unpaired) electrons. The van der Waals surface area contributed by atoms with Crippen LogP contribution < -0.4 is 11.1 Å². The first-order chi connectivity index (χ1) is 20.2. The van der Waals surface area contributed by atoms with Crippen LogP contribution in [0.5, 0.6) is 11.5 Å². The number of nitrogens with zero attached hydrogens (tertiary/aromatic N) is 5. The number of aliphatic carboxylic acids is 1. The van der Waals surface area contributed by atoms with Crippen LogP contribution >= 0.6 is 34.9 Å². The lowest BCUT2D eigenvalue weighted by Gasteiger charge is -2.49. The topological polar surface area (TPSA) is 227 Å². The Morgan fingerprint density at radius 2 is 2.14 bits per heavy atom. The van der Waals surface area contributed by atoms with Gasteiger partial charge < -0.3 is 35.6 Å². The first-order valence-corrected chi connectivity index (χ1v) is 14.6. The number of carbonyl (C=O) groups excluding carboxylic acids is 2. The summed E-state index contributed by atoms with van der Waals surface area (Å²) in [6.07, 6.45) is 5.16. The summed E-state index contributed by atoms with van der Waals surface area (Å²) in [7, 11) is 0. The van der Waals surface area contributed by atoms with E-state index in [1.54, 1.807) is 0 Å². The SMILES string of the molecule is C#CCON=C(C(=O)N[C@@H]1C(=O)N2C(C(=O)O)=C(CSc3nnc(-c4ccc(O)c(O)c4)o3)CS[C@H]12)c1csc(N)n1. The summed E-state index contributed by atoms with van der Waals surface area (Å²) >= 11 is 3.42. The van der Waals surface area contributed by atoms with E-state index in [9.17, 15) is 29.7 Å². The summed E-state index contributed by atoms with van der Waals surface area (Å²) < 4.78 is 5.59. The van der Waals surface area contributed by atoms with E-state index >= 15 is 0 Å². The monoisotopic (exact) mass is 629 g/mol. The smallest absolute Gasteiger partial charge is 0.352 e. The van der Waals surface area contributed by atoms with Crippen LogP contribution in [0.1, 0.15) is 5.69 Å². The van der Waals surface area contributed by atoms with Gasteiger partial charge in [-0.05, 0) is 23.8 Å². The van der Waals surface area contributed by atoms with Crippen LogP contribution in [0.3, 0.4) is 0 Å². The standard InChI is InChI=1S/C24H19N7O8S3/c1-2-5-38-30-15(12-9-41-23(25)26-12)18(34)27-16-20(35)31-17(22(36)37)11(7-40-21(16)31)8-42-24-29-28-19(39-24)10-3-4-13(32)14(33)6-10/h1,3-4,6,9,16,21,32-33H,5,7-8H2,(H2,25,26)(H,27,34)(H,36,37)/t16-,21-/m1/s1. The number of phenolic OH excluding ortho intramolecular Hbond substituents is 2. The molecule has 42 heavy (non-hydrogen) atoms. The highest BCUT2D eigenvalue weighted by Gasteiger charge is 2.54. The predicted octanol–water partition coefficient (Wildman–Crippen LogP) is 1.07. The van der Waals surface area contributed by atoms with Crippen molar-refractivity contribution in [1.29, 1.82) is 0 Å². The second kappa shape index (κ2) is 12.0. The maximum atomic E-state index is 13.1. The quantitative estimate of drug-likeness (QED) is 0.0402. The molecular formula is C24H19N7O8S3. The van der Waals surface area contributed by atoms with Gasteiger partial charge in [0.25, 0.3) is 17.0 Å². The molecule has 0 spiro atoms. The van der Waals surface area contributed by atoms with E-state index in [4.69, 9.17) is 21.4 Å². The number of amides is 2. The molecule has 0 saturated carbocycles. The van der Waals surface area contributed by atoms with Crippen LogP contribution in [0.15, 0.2) is 49.6 Å². The minimum Gasteiger partial charge on any atom is -0.504 e. The molecule has 2 amide bonds. The summed E-state index contributed by atoms with van der Waals surface area (Å²) in [5.74, 6) is -0.672. The Balaban J connectivity index is 1.28. The van der Waals surface area contributed by atoms with E-state index in [1.165, 1.54) is 35.3 Å². The maximum absolute atomic E-state index is 13.1. The Kier molecular flexibility index (Phi) is 8.24. The number of anilines is 1. The Labute approximate surface area is 248 Å². The van der Waals surface area contributed by atoms with Crippen LogP contribution in [0.2, 0.25) is 0 Å². The summed E-state index contributed by atoms with van der Waals surface area (Å²) in [6, 6.07) is 2.99. The number of carboxylic acids is 1. The highest BCUT2D eigenvalue weighted by molar-refractivity contribution is 8.01. The lowest BCUT2D eigenvalue weighted by atomic mass is 10.0. The Hall–Kier alpha value is -4.73. The zero-order chi connectivity index (χ0) is 30.0. The average Bonchev–Trinajstić information content (AvgIpc) is 3.62. The van der Waals surface area contributed by atoms with Gasteiger partial charge in [-0.25, -0.2) is 9.78 Å². The fourth-order valence-electron chi connectivity index (χ4n) is 3.93. The van der Waals surface area contributed by atoms with Crippen molar-refractivity contribution >= 4 is 63.5 Å². The minimum absolute atomic E-state index is 0.0859. The molecule has 4 heterocycles. The van der Waals surface area contributed by atoms with E-state index < -0.39 is 29.2 Å². The van der Waals surface area contributed by atoms with Crippen molar-refractivity contribution in [3.63, 3.8) is 0 Å². The Morgan fingerprint density at radius 1 is 1.33 bits per heavy atom. The number of oxime groups is 1. The summed E-state index contributed by atoms with van der Waals surface area (Å²) in [4.78, 5) is 48.4. The molecule has 6 N–H and O–H groups in total. The molecule has 0 unspecified atom stereocenters. The van der Waals surface area contributed by atoms with E-state index in [0.717, 1.165) is 28.0 Å². The van der Waals surface area contributed by atoms with E-state index in [1.807, 2.05) is 0 Å². The van der Waals surface area contributed by atoms with Crippen molar-refractivity contribution in [3.8, 4) is 35.3 Å². The van der Waals surface area contributed by atoms with Gasteiger partial charge >= 0.3 is 5.97 Å². The molecule has 2 aliphatic rings. The molecule has 2 aliphatic heterocycles. The molecule has 216 valence electrons. The first-order valence-electron chi connectivity index (χ1n) is 11.7. The number of aromatic nitrogens is 3. The van der Waals surface area contributed by atoms with Gasteiger partial charge in [0.15, 0.2) is 28.9 Å². The molecule has 1 aromatic carbocycles. The molecule has 1 saturated heterocycles. The Morgan fingerprint density at radius 3 is 2.83 bits per heavy atom. The van der Waals surface area contributed by atoms with Crippen LogP contribution in [0.4, 0.5) is 5.13 Å². The van der Waals surface area contributed by atoms with Crippen LogP contribution in [-0.4, -0.2) is 88.4 Å². The van der Waals surface area contributed by atoms with Crippen molar-refractivity contribution < 1.29 is 39.0 Å². The lowest BCUT2D eigenvalue weighted by Crippen LogP contribution is -2.71. The number of hydrogen-bond donors (Lipinski definition) is 5. The van der Waals surface area contributed by atoms with Crippen molar-refractivity contribution in [2.24, 2.45) is 5.16 Å². The third-order valence-electron chi connectivity index (χ3n) is 5.82. The average molecular weight is 630 g/mol. The molecule has 0 bridgehead atoms. The number of β-lactam (4-membered cyclic amide) rings is 1. The van der Waals surface area contributed by atoms with Gasteiger partial charge in [0.2, 0.25) is 5.89 Å². The zero-order valence-electron chi connectivity index (χ0n) is 21.1. The number of thiazole rings is 1. The number of fused-ring (bicyclic) bond motifs is 1. The van der Waals surface area contributed by atoms with Crippen LogP contribution in [0.25, 0.3) is 11.5 Å². The number of nitrogens with two attached hydrogens (primary N) is 1.